The first-order chi connectivity index (χ1) is 14.6. The molecule has 1 amide bonds. The molecular formula is C21H17F3N2O4S. The molecule has 0 unspecified atom stereocenters. The third-order valence-electron chi connectivity index (χ3n) is 4.24. The molecule has 3 aromatic carbocycles. The Kier molecular flexibility index (Phi) is 6.21. The molecule has 0 radical (unpaired) electrons. The minimum atomic E-state index is -4.82. The number of benzene rings is 3. The topological polar surface area (TPSA) is 75.7 Å². The number of carbonyl (C=O) groups is 1. The fraction of sp³-hybridized carbons (Fsp3) is 0.0952. The normalized spacial score (nSPS) is 11.6. The van der Waals surface area contributed by atoms with E-state index in [0.717, 1.165) is 16.4 Å². The van der Waals surface area contributed by atoms with E-state index in [2.05, 4.69) is 10.1 Å². The zero-order chi connectivity index (χ0) is 22.6. The van der Waals surface area contributed by atoms with Gasteiger partial charge in [-0.15, -0.1) is 13.2 Å². The van der Waals surface area contributed by atoms with Crippen molar-refractivity contribution in [2.45, 2.75) is 11.3 Å². The maximum atomic E-state index is 12.9. The Morgan fingerprint density at radius 2 is 1.48 bits per heavy atom. The van der Waals surface area contributed by atoms with E-state index in [9.17, 15) is 26.4 Å². The van der Waals surface area contributed by atoms with Crippen molar-refractivity contribution in [1.29, 1.82) is 0 Å². The summed E-state index contributed by atoms with van der Waals surface area (Å²) in [6.45, 7) is 0. The van der Waals surface area contributed by atoms with Gasteiger partial charge in [0.1, 0.15) is 5.75 Å². The Morgan fingerprint density at radius 1 is 0.903 bits per heavy atom. The highest BCUT2D eigenvalue weighted by Gasteiger charge is 2.31. The molecule has 0 fully saturated rings. The number of hydrogen-bond acceptors (Lipinski definition) is 4. The van der Waals surface area contributed by atoms with Crippen LogP contribution >= 0.6 is 0 Å². The van der Waals surface area contributed by atoms with Crippen LogP contribution in [-0.4, -0.2) is 27.7 Å². The Morgan fingerprint density at radius 3 is 2.10 bits per heavy atom. The van der Waals surface area contributed by atoms with Gasteiger partial charge in [0.25, 0.3) is 15.9 Å². The van der Waals surface area contributed by atoms with E-state index in [1.807, 2.05) is 0 Å². The monoisotopic (exact) mass is 450 g/mol. The largest absolute Gasteiger partial charge is 0.573 e. The maximum Gasteiger partial charge on any atom is 0.573 e. The number of amides is 1. The van der Waals surface area contributed by atoms with Gasteiger partial charge in [0, 0.05) is 12.7 Å². The van der Waals surface area contributed by atoms with Crippen LogP contribution in [0.15, 0.2) is 83.8 Å². The number of sulfonamides is 1. The van der Waals surface area contributed by atoms with Gasteiger partial charge in [0.2, 0.25) is 0 Å². The van der Waals surface area contributed by atoms with Gasteiger partial charge < -0.3 is 10.1 Å². The second-order valence-corrected chi connectivity index (χ2v) is 8.30. The Balaban J connectivity index is 1.84. The fourth-order valence-electron chi connectivity index (χ4n) is 2.76. The van der Waals surface area contributed by atoms with Crippen molar-refractivity contribution >= 4 is 27.3 Å². The lowest BCUT2D eigenvalue weighted by Gasteiger charge is -2.22. The molecule has 0 aliphatic heterocycles. The van der Waals surface area contributed by atoms with Crippen molar-refractivity contribution in [3.8, 4) is 5.75 Å². The quantitative estimate of drug-likeness (QED) is 0.593. The standard InChI is InChI=1S/C21H17F3N2O4S/c1-26(31(28,29)17-7-3-2-4-8-17)19-10-6-5-9-18(19)20(27)25-15-11-13-16(14-12-15)30-21(22,23)24/h2-14H,1H3,(H,25,27). The van der Waals surface area contributed by atoms with Crippen molar-refractivity contribution in [2.75, 3.05) is 16.7 Å². The predicted molar refractivity (Wildman–Crippen MR) is 110 cm³/mol. The molecular weight excluding hydrogens is 433 g/mol. The summed E-state index contributed by atoms with van der Waals surface area (Å²) >= 11 is 0. The number of halogens is 3. The van der Waals surface area contributed by atoms with Gasteiger partial charge in [-0.05, 0) is 48.5 Å². The summed E-state index contributed by atoms with van der Waals surface area (Å²) < 4.78 is 67.4. The predicted octanol–water partition coefficient (Wildman–Crippen LogP) is 4.66. The first kappa shape index (κ1) is 22.2. The molecule has 3 rings (SSSR count). The van der Waals surface area contributed by atoms with E-state index >= 15 is 0 Å². The molecule has 0 bridgehead atoms. The van der Waals surface area contributed by atoms with Crippen LogP contribution in [0.2, 0.25) is 0 Å². The van der Waals surface area contributed by atoms with Crippen LogP contribution in [0.4, 0.5) is 24.5 Å². The summed E-state index contributed by atoms with van der Waals surface area (Å²) in [4.78, 5) is 12.8. The number of ether oxygens (including phenoxy) is 1. The highest BCUT2D eigenvalue weighted by molar-refractivity contribution is 7.92. The van der Waals surface area contributed by atoms with E-state index in [4.69, 9.17) is 0 Å². The number of nitrogens with zero attached hydrogens (tertiary/aromatic N) is 1. The molecule has 10 heteroatoms. The summed E-state index contributed by atoms with van der Waals surface area (Å²) in [6, 6.07) is 18.4. The molecule has 162 valence electrons. The first-order valence-electron chi connectivity index (χ1n) is 8.88. The van der Waals surface area contributed by atoms with Crippen LogP contribution < -0.4 is 14.4 Å². The van der Waals surface area contributed by atoms with Crippen molar-refractivity contribution in [3.63, 3.8) is 0 Å². The smallest absolute Gasteiger partial charge is 0.406 e. The molecule has 31 heavy (non-hydrogen) atoms. The SMILES string of the molecule is CN(c1ccccc1C(=O)Nc1ccc(OC(F)(F)F)cc1)S(=O)(=O)c1ccccc1. The average Bonchev–Trinajstić information content (AvgIpc) is 2.74. The number of carbonyl (C=O) groups excluding carboxylic acids is 1. The van der Waals surface area contributed by atoms with E-state index in [1.54, 1.807) is 30.3 Å². The fourth-order valence-corrected chi connectivity index (χ4v) is 3.99. The third-order valence-corrected chi connectivity index (χ3v) is 6.02. The highest BCUT2D eigenvalue weighted by atomic mass is 32.2. The molecule has 1 N–H and O–H groups in total. The van der Waals surface area contributed by atoms with E-state index in [0.29, 0.717) is 0 Å². The number of nitrogens with one attached hydrogen (secondary N) is 1. The average molecular weight is 450 g/mol. The summed E-state index contributed by atoms with van der Waals surface area (Å²) in [7, 11) is -2.58. The van der Waals surface area contributed by atoms with E-state index < -0.39 is 28.0 Å². The van der Waals surface area contributed by atoms with E-state index in [1.165, 1.54) is 43.4 Å². The molecule has 0 saturated heterocycles. The summed E-state index contributed by atoms with van der Waals surface area (Å²) in [6.07, 6.45) is -4.82. The van der Waals surface area contributed by atoms with Gasteiger partial charge >= 0.3 is 6.36 Å². The van der Waals surface area contributed by atoms with Crippen LogP contribution in [0, 0.1) is 0 Å². The Labute approximate surface area is 176 Å². The summed E-state index contributed by atoms with van der Waals surface area (Å²) in [5.74, 6) is -1.06. The minimum Gasteiger partial charge on any atom is -0.406 e. The molecule has 0 aromatic heterocycles. The minimum absolute atomic E-state index is 0.0629. The second-order valence-electron chi connectivity index (χ2n) is 6.33. The van der Waals surface area contributed by atoms with Crippen molar-refractivity contribution < 1.29 is 31.1 Å². The third kappa shape index (κ3) is 5.34. The zero-order valence-electron chi connectivity index (χ0n) is 16.1. The van der Waals surface area contributed by atoms with Gasteiger partial charge in [-0.2, -0.15) is 0 Å². The lowest BCUT2D eigenvalue weighted by Crippen LogP contribution is -2.29. The van der Waals surface area contributed by atoms with Crippen molar-refractivity contribution in [3.05, 3.63) is 84.4 Å². The Hall–Kier alpha value is -3.53. The lowest BCUT2D eigenvalue weighted by atomic mass is 10.1. The first-order valence-corrected chi connectivity index (χ1v) is 10.3. The van der Waals surface area contributed by atoms with E-state index in [-0.39, 0.29) is 21.8 Å². The zero-order valence-corrected chi connectivity index (χ0v) is 16.9. The summed E-state index contributed by atoms with van der Waals surface area (Å²) in [5.41, 5.74) is 0.420. The highest BCUT2D eigenvalue weighted by Crippen LogP contribution is 2.27. The lowest BCUT2D eigenvalue weighted by molar-refractivity contribution is -0.274. The van der Waals surface area contributed by atoms with Gasteiger partial charge in [-0.25, -0.2) is 8.42 Å². The number of anilines is 2. The van der Waals surface area contributed by atoms with Gasteiger partial charge in [-0.1, -0.05) is 30.3 Å². The molecule has 6 nitrogen and oxygen atoms in total. The molecule has 0 heterocycles. The molecule has 0 atom stereocenters. The van der Waals surface area contributed by atoms with Crippen molar-refractivity contribution in [1.82, 2.24) is 0 Å². The second kappa shape index (κ2) is 8.68. The van der Waals surface area contributed by atoms with Crippen molar-refractivity contribution in [2.24, 2.45) is 0 Å². The van der Waals surface area contributed by atoms with Crippen LogP contribution in [-0.2, 0) is 10.0 Å². The number of para-hydroxylation sites is 1. The van der Waals surface area contributed by atoms with Crippen LogP contribution in [0.5, 0.6) is 5.75 Å². The van der Waals surface area contributed by atoms with Gasteiger partial charge in [0.05, 0.1) is 16.1 Å². The Bertz CT molecular complexity index is 1170. The van der Waals surface area contributed by atoms with Gasteiger partial charge in [-0.3, -0.25) is 9.10 Å². The van der Waals surface area contributed by atoms with Crippen LogP contribution in [0.25, 0.3) is 0 Å². The number of alkyl halides is 3. The number of hydrogen-bond donors (Lipinski definition) is 1. The summed E-state index contributed by atoms with van der Waals surface area (Å²) in [5, 5.41) is 2.54. The van der Waals surface area contributed by atoms with Crippen LogP contribution in [0.3, 0.4) is 0 Å². The molecule has 0 aliphatic rings. The van der Waals surface area contributed by atoms with Gasteiger partial charge in [0.15, 0.2) is 0 Å². The molecule has 0 aliphatic carbocycles. The molecule has 3 aromatic rings. The molecule has 0 spiro atoms. The maximum absolute atomic E-state index is 12.9. The van der Waals surface area contributed by atoms with Crippen LogP contribution in [0.1, 0.15) is 10.4 Å². The number of rotatable bonds is 6. The molecule has 0 saturated carbocycles.